The third kappa shape index (κ3) is 4.11. The number of rotatable bonds is 6. The highest BCUT2D eigenvalue weighted by Crippen LogP contribution is 2.25. The lowest BCUT2D eigenvalue weighted by molar-refractivity contribution is -0.125. The fourth-order valence-electron chi connectivity index (χ4n) is 3.75. The SMILES string of the molecule is COc1ccc2nc(N3CCC[C@@H](C(=O)NCCc4ccccc4)C3)[nH]c2c1. The predicted molar refractivity (Wildman–Crippen MR) is 111 cm³/mol. The number of methoxy groups -OCH3 is 1. The smallest absolute Gasteiger partial charge is 0.224 e. The van der Waals surface area contributed by atoms with Crippen molar-refractivity contribution >= 4 is 22.9 Å². The summed E-state index contributed by atoms with van der Waals surface area (Å²) in [7, 11) is 1.66. The van der Waals surface area contributed by atoms with Crippen molar-refractivity contribution in [3.63, 3.8) is 0 Å². The molecule has 0 aliphatic carbocycles. The Morgan fingerprint density at radius 2 is 2.14 bits per heavy atom. The number of carbonyl (C=O) groups excluding carboxylic acids is 1. The molecule has 2 aromatic carbocycles. The quantitative estimate of drug-likeness (QED) is 0.691. The number of carbonyl (C=O) groups is 1. The topological polar surface area (TPSA) is 70.2 Å². The highest BCUT2D eigenvalue weighted by Gasteiger charge is 2.27. The lowest BCUT2D eigenvalue weighted by atomic mass is 9.97. The van der Waals surface area contributed by atoms with Crippen LogP contribution in [0.2, 0.25) is 0 Å². The Hall–Kier alpha value is -3.02. The van der Waals surface area contributed by atoms with Crippen molar-refractivity contribution in [1.82, 2.24) is 15.3 Å². The van der Waals surface area contributed by atoms with Gasteiger partial charge in [0.2, 0.25) is 11.9 Å². The van der Waals surface area contributed by atoms with E-state index in [-0.39, 0.29) is 11.8 Å². The van der Waals surface area contributed by atoms with E-state index in [9.17, 15) is 4.79 Å². The third-order valence-electron chi connectivity index (χ3n) is 5.32. The summed E-state index contributed by atoms with van der Waals surface area (Å²) in [4.78, 5) is 22.9. The second-order valence-electron chi connectivity index (χ2n) is 7.26. The zero-order valence-corrected chi connectivity index (χ0v) is 16.1. The van der Waals surface area contributed by atoms with Gasteiger partial charge in [0, 0.05) is 25.7 Å². The average molecular weight is 378 g/mol. The number of benzene rings is 2. The fraction of sp³-hybridized carbons (Fsp3) is 0.364. The number of imidazole rings is 1. The van der Waals surface area contributed by atoms with Crippen LogP contribution in [0, 0.1) is 5.92 Å². The molecule has 2 N–H and O–H groups in total. The minimum Gasteiger partial charge on any atom is -0.497 e. The maximum atomic E-state index is 12.6. The molecule has 3 aromatic rings. The monoisotopic (exact) mass is 378 g/mol. The number of hydrogen-bond donors (Lipinski definition) is 2. The molecule has 1 aliphatic rings. The van der Waals surface area contributed by atoms with Crippen LogP contribution in [-0.2, 0) is 11.2 Å². The number of anilines is 1. The van der Waals surface area contributed by atoms with Crippen molar-refractivity contribution < 1.29 is 9.53 Å². The first-order valence-corrected chi connectivity index (χ1v) is 9.83. The van der Waals surface area contributed by atoms with E-state index in [1.54, 1.807) is 7.11 Å². The molecule has 1 atom stereocenters. The molecule has 0 unspecified atom stereocenters. The first kappa shape index (κ1) is 18.3. The van der Waals surface area contributed by atoms with Crippen LogP contribution in [-0.4, -0.2) is 42.6 Å². The van der Waals surface area contributed by atoms with Gasteiger partial charge >= 0.3 is 0 Å². The van der Waals surface area contributed by atoms with Crippen LogP contribution < -0.4 is 15.0 Å². The van der Waals surface area contributed by atoms with Crippen molar-refractivity contribution in [1.29, 1.82) is 0 Å². The highest BCUT2D eigenvalue weighted by molar-refractivity contribution is 5.81. The Kier molecular flexibility index (Phi) is 5.46. The molecule has 0 spiro atoms. The maximum Gasteiger partial charge on any atom is 0.224 e. The van der Waals surface area contributed by atoms with Crippen molar-refractivity contribution in [2.75, 3.05) is 31.6 Å². The molecule has 6 heteroatoms. The summed E-state index contributed by atoms with van der Waals surface area (Å²) in [6.07, 6.45) is 2.76. The molecular formula is C22H26N4O2. The minimum atomic E-state index is -0.00716. The number of hydrogen-bond acceptors (Lipinski definition) is 4. The largest absolute Gasteiger partial charge is 0.497 e. The van der Waals surface area contributed by atoms with Gasteiger partial charge in [-0.25, -0.2) is 4.98 Å². The van der Waals surface area contributed by atoms with E-state index in [2.05, 4.69) is 27.3 Å². The Morgan fingerprint density at radius 1 is 1.29 bits per heavy atom. The second kappa shape index (κ2) is 8.33. The Morgan fingerprint density at radius 3 is 2.96 bits per heavy atom. The van der Waals surface area contributed by atoms with Crippen LogP contribution in [0.5, 0.6) is 5.75 Å². The van der Waals surface area contributed by atoms with Crippen LogP contribution in [0.15, 0.2) is 48.5 Å². The van der Waals surface area contributed by atoms with Gasteiger partial charge < -0.3 is 19.9 Å². The summed E-state index contributed by atoms with van der Waals surface area (Å²) in [5, 5.41) is 3.10. The van der Waals surface area contributed by atoms with Crippen molar-refractivity contribution in [2.45, 2.75) is 19.3 Å². The van der Waals surface area contributed by atoms with Crippen LogP contribution in [0.3, 0.4) is 0 Å². The molecule has 1 aliphatic heterocycles. The summed E-state index contributed by atoms with van der Waals surface area (Å²) in [6.45, 7) is 2.27. The first-order valence-electron chi connectivity index (χ1n) is 9.83. The van der Waals surface area contributed by atoms with E-state index in [0.717, 1.165) is 48.5 Å². The van der Waals surface area contributed by atoms with Gasteiger partial charge in [0.15, 0.2) is 0 Å². The van der Waals surface area contributed by atoms with Gasteiger partial charge in [-0.05, 0) is 37.0 Å². The molecule has 6 nitrogen and oxygen atoms in total. The zero-order valence-electron chi connectivity index (χ0n) is 16.1. The number of aromatic nitrogens is 2. The van der Waals surface area contributed by atoms with Gasteiger partial charge in [0.1, 0.15) is 5.75 Å². The van der Waals surface area contributed by atoms with Gasteiger partial charge in [0.25, 0.3) is 0 Å². The number of aromatic amines is 1. The lowest BCUT2D eigenvalue weighted by Gasteiger charge is -2.31. The third-order valence-corrected chi connectivity index (χ3v) is 5.32. The van der Waals surface area contributed by atoms with Gasteiger partial charge in [0.05, 0.1) is 24.1 Å². The molecule has 1 amide bonds. The number of fused-ring (bicyclic) bond motifs is 1. The van der Waals surface area contributed by atoms with E-state index < -0.39 is 0 Å². The van der Waals surface area contributed by atoms with Gasteiger partial charge in [-0.3, -0.25) is 4.79 Å². The van der Waals surface area contributed by atoms with E-state index in [1.165, 1.54) is 5.56 Å². The van der Waals surface area contributed by atoms with E-state index in [4.69, 9.17) is 9.72 Å². The van der Waals surface area contributed by atoms with Crippen LogP contribution in [0.25, 0.3) is 11.0 Å². The highest BCUT2D eigenvalue weighted by atomic mass is 16.5. The van der Waals surface area contributed by atoms with Crippen LogP contribution in [0.1, 0.15) is 18.4 Å². The minimum absolute atomic E-state index is 0.00716. The standard InChI is InChI=1S/C22H26N4O2/c1-28-18-9-10-19-20(14-18)25-22(24-19)26-13-5-8-17(15-26)21(27)23-12-11-16-6-3-2-4-7-16/h2-4,6-7,9-10,14,17H,5,8,11-13,15H2,1H3,(H,23,27)(H,24,25)/t17-/m1/s1. The average Bonchev–Trinajstić information content (AvgIpc) is 3.18. The molecule has 4 rings (SSSR count). The van der Waals surface area contributed by atoms with Crippen molar-refractivity contribution in [3.8, 4) is 5.75 Å². The lowest BCUT2D eigenvalue weighted by Crippen LogP contribution is -2.43. The molecule has 0 saturated carbocycles. The summed E-state index contributed by atoms with van der Waals surface area (Å²) in [5.74, 6) is 1.76. The van der Waals surface area contributed by atoms with Gasteiger partial charge in [-0.15, -0.1) is 0 Å². The second-order valence-corrected chi connectivity index (χ2v) is 7.26. The van der Waals surface area contributed by atoms with E-state index in [0.29, 0.717) is 13.1 Å². The predicted octanol–water partition coefficient (Wildman–Crippen LogP) is 3.15. The molecule has 0 radical (unpaired) electrons. The van der Waals surface area contributed by atoms with Crippen LogP contribution in [0.4, 0.5) is 5.95 Å². The number of amides is 1. The summed E-state index contributed by atoms with van der Waals surface area (Å²) < 4.78 is 5.28. The van der Waals surface area contributed by atoms with Gasteiger partial charge in [-0.1, -0.05) is 30.3 Å². The van der Waals surface area contributed by atoms with Crippen molar-refractivity contribution in [3.05, 3.63) is 54.1 Å². The Balaban J connectivity index is 1.36. The molecular weight excluding hydrogens is 352 g/mol. The summed E-state index contributed by atoms with van der Waals surface area (Å²) in [5.41, 5.74) is 3.10. The summed E-state index contributed by atoms with van der Waals surface area (Å²) >= 11 is 0. The number of nitrogens with zero attached hydrogens (tertiary/aromatic N) is 2. The number of H-pyrrole nitrogens is 1. The molecule has 28 heavy (non-hydrogen) atoms. The van der Waals surface area contributed by atoms with Crippen molar-refractivity contribution in [2.24, 2.45) is 5.92 Å². The Labute approximate surface area is 164 Å². The van der Waals surface area contributed by atoms with E-state index in [1.807, 2.05) is 36.4 Å². The Bertz CT molecular complexity index is 938. The van der Waals surface area contributed by atoms with Crippen LogP contribution >= 0.6 is 0 Å². The molecule has 146 valence electrons. The van der Waals surface area contributed by atoms with Gasteiger partial charge in [-0.2, -0.15) is 0 Å². The summed E-state index contributed by atoms with van der Waals surface area (Å²) in [6, 6.07) is 16.0. The number of piperidine rings is 1. The van der Waals surface area contributed by atoms with E-state index >= 15 is 0 Å². The molecule has 1 aromatic heterocycles. The maximum absolute atomic E-state index is 12.6. The first-order chi connectivity index (χ1) is 13.7. The zero-order chi connectivity index (χ0) is 19.3. The molecule has 2 heterocycles. The molecule has 1 fully saturated rings. The fourth-order valence-corrected chi connectivity index (χ4v) is 3.75. The number of nitrogens with one attached hydrogen (secondary N) is 2. The normalized spacial score (nSPS) is 16.9. The molecule has 0 bridgehead atoms. The number of ether oxygens (including phenoxy) is 1. The molecule has 1 saturated heterocycles.